The summed E-state index contributed by atoms with van der Waals surface area (Å²) in [5, 5.41) is 0. The monoisotopic (exact) mass is 240 g/mol. The maximum absolute atomic E-state index is 0. The van der Waals surface area contributed by atoms with E-state index in [0.717, 1.165) is 0 Å². The van der Waals surface area contributed by atoms with Crippen molar-refractivity contribution in [2.24, 2.45) is 0 Å². The van der Waals surface area contributed by atoms with Gasteiger partial charge in [-0.05, 0) is 0 Å². The van der Waals surface area contributed by atoms with Crippen LogP contribution in [-0.2, 0) is 53.1 Å². The largest absolute Gasteiger partial charge is 0.358 e. The predicted molar refractivity (Wildman–Crippen MR) is 19.2 cm³/mol. The second kappa shape index (κ2) is 42.0. The first-order valence-corrected chi connectivity index (χ1v) is 0. The van der Waals surface area contributed by atoms with Gasteiger partial charge in [0.1, 0.15) is 0 Å². The van der Waals surface area contributed by atoms with Crippen molar-refractivity contribution in [3.8, 4) is 0 Å². The van der Waals surface area contributed by atoms with Crippen molar-refractivity contribution in [2.75, 3.05) is 0 Å². The van der Waals surface area contributed by atoms with Crippen molar-refractivity contribution in [1.82, 2.24) is 0 Å². The molecule has 0 nitrogen and oxygen atoms in total. The van der Waals surface area contributed by atoms with E-state index in [0.29, 0.717) is 0 Å². The van der Waals surface area contributed by atoms with E-state index in [1.165, 1.54) is 0 Å². The maximum atomic E-state index is 0. The fourth-order valence-electron chi connectivity index (χ4n) is 0. The molecule has 0 aliphatic carbocycles. The fraction of sp³-hybridized carbons (Fsp3) is 0. The molecule has 0 aliphatic heterocycles. The van der Waals surface area contributed by atoms with E-state index < -0.39 is 0 Å². The van der Waals surface area contributed by atoms with Gasteiger partial charge in [-0.1, -0.05) is 0 Å². The van der Waals surface area contributed by atoms with E-state index in [1.807, 2.05) is 0 Å². The first-order valence-electron chi connectivity index (χ1n) is 0. The molecule has 0 N–H and O–H groups in total. The molecule has 37 valence electrons. The Labute approximate surface area is 74.6 Å². The van der Waals surface area contributed by atoms with Crippen LogP contribution in [0.2, 0.25) is 0 Å². The standard InChI is InChI=1S/3CH3.Pd.Y/h3*1H3;;/q3*-1;;. The van der Waals surface area contributed by atoms with Crippen LogP contribution in [0.25, 0.3) is 0 Å². The zero-order valence-corrected chi connectivity index (χ0v) is 8.29. The zero-order chi connectivity index (χ0) is 0. The summed E-state index contributed by atoms with van der Waals surface area (Å²) in [4.78, 5) is 0. The van der Waals surface area contributed by atoms with E-state index in [9.17, 15) is 0 Å². The molecule has 0 bridgehead atoms. The van der Waals surface area contributed by atoms with Gasteiger partial charge in [-0.2, -0.15) is 0 Å². The van der Waals surface area contributed by atoms with E-state index in [-0.39, 0.29) is 75.4 Å². The molecule has 0 spiro atoms. The molecule has 0 aromatic carbocycles. The molecule has 0 aromatic rings. The molecule has 0 heterocycles. The summed E-state index contributed by atoms with van der Waals surface area (Å²) in [5.74, 6) is 0. The van der Waals surface area contributed by atoms with Gasteiger partial charge in [0.2, 0.25) is 0 Å². The van der Waals surface area contributed by atoms with Gasteiger partial charge in [0.15, 0.2) is 0 Å². The van der Waals surface area contributed by atoms with Gasteiger partial charge < -0.3 is 22.3 Å². The Morgan fingerprint density at radius 2 is 0.600 bits per heavy atom. The first-order chi connectivity index (χ1) is 0. The van der Waals surface area contributed by atoms with Gasteiger partial charge in [-0.15, -0.1) is 0 Å². The predicted octanol–water partition coefficient (Wildman–Crippen LogP) is 1.35. The van der Waals surface area contributed by atoms with Gasteiger partial charge in [0, 0.05) is 53.1 Å². The van der Waals surface area contributed by atoms with E-state index in [2.05, 4.69) is 0 Å². The van der Waals surface area contributed by atoms with Crippen LogP contribution in [0, 0.1) is 22.3 Å². The molecule has 0 atom stereocenters. The average molecular weight is 240 g/mol. The van der Waals surface area contributed by atoms with Gasteiger partial charge >= 0.3 is 0 Å². The Balaban J connectivity index is 0. The van der Waals surface area contributed by atoms with Crippen LogP contribution < -0.4 is 0 Å². The smallest absolute Gasteiger partial charge is 0 e. The van der Waals surface area contributed by atoms with Crippen molar-refractivity contribution in [1.29, 1.82) is 0 Å². The molecule has 0 aliphatic rings. The molecule has 0 saturated carbocycles. The minimum absolute atomic E-state index is 0. The SMILES string of the molecule is [CH3-].[CH3-].[CH3-].[Pd].[Y]. The second-order valence-corrected chi connectivity index (χ2v) is 0. The van der Waals surface area contributed by atoms with Crippen LogP contribution in [0.4, 0.5) is 0 Å². The summed E-state index contributed by atoms with van der Waals surface area (Å²) < 4.78 is 0. The van der Waals surface area contributed by atoms with Crippen LogP contribution in [0.15, 0.2) is 0 Å². The van der Waals surface area contributed by atoms with Gasteiger partial charge in [0.05, 0.1) is 0 Å². The molecule has 2 heteroatoms. The molecule has 5 heavy (non-hydrogen) atoms. The Hall–Kier alpha value is 1.77. The second-order valence-electron chi connectivity index (χ2n) is 0. The Kier molecular flexibility index (Phi) is 606. The fourth-order valence-corrected chi connectivity index (χ4v) is 0. The zero-order valence-electron chi connectivity index (χ0n) is 3.89. The third-order valence-electron chi connectivity index (χ3n) is 0. The van der Waals surface area contributed by atoms with Gasteiger partial charge in [-0.3, -0.25) is 0 Å². The molecule has 0 aromatic heterocycles. The normalized spacial score (nSPS) is 0. The Morgan fingerprint density at radius 1 is 0.600 bits per heavy atom. The quantitative estimate of drug-likeness (QED) is 0.443. The van der Waals surface area contributed by atoms with Crippen LogP contribution in [0.1, 0.15) is 0 Å². The summed E-state index contributed by atoms with van der Waals surface area (Å²) in [7, 11) is 0. The van der Waals surface area contributed by atoms with Crippen molar-refractivity contribution in [3.05, 3.63) is 22.3 Å². The summed E-state index contributed by atoms with van der Waals surface area (Å²) in [5.41, 5.74) is 0. The molecule has 0 saturated heterocycles. The molecule has 0 rings (SSSR count). The molecule has 0 amide bonds. The summed E-state index contributed by atoms with van der Waals surface area (Å²) >= 11 is 0. The van der Waals surface area contributed by atoms with E-state index >= 15 is 0 Å². The van der Waals surface area contributed by atoms with Crippen molar-refractivity contribution >= 4 is 0 Å². The minimum atomic E-state index is 0. The van der Waals surface area contributed by atoms with Crippen LogP contribution >= 0.6 is 0 Å². The first kappa shape index (κ1) is 72.1. The van der Waals surface area contributed by atoms with Crippen molar-refractivity contribution < 1.29 is 53.1 Å². The number of hydrogen-bond donors (Lipinski definition) is 0. The maximum Gasteiger partial charge on any atom is 0 e. The molecule has 0 unspecified atom stereocenters. The van der Waals surface area contributed by atoms with E-state index in [1.54, 1.807) is 0 Å². The Bertz CT molecular complexity index is 6.85. The number of hydrogen-bond acceptors (Lipinski definition) is 0. The van der Waals surface area contributed by atoms with Crippen molar-refractivity contribution in [3.63, 3.8) is 0 Å². The van der Waals surface area contributed by atoms with Crippen LogP contribution in [0.5, 0.6) is 0 Å². The van der Waals surface area contributed by atoms with Gasteiger partial charge in [0.25, 0.3) is 0 Å². The average Bonchev–Trinajstić information content (AvgIpc) is 0. The summed E-state index contributed by atoms with van der Waals surface area (Å²) in [6.45, 7) is 0. The summed E-state index contributed by atoms with van der Waals surface area (Å²) in [6.07, 6.45) is 0. The minimum Gasteiger partial charge on any atom is -0.358 e. The van der Waals surface area contributed by atoms with E-state index in [4.69, 9.17) is 0 Å². The molecular formula is C3H9PdY-3. The van der Waals surface area contributed by atoms with Crippen molar-refractivity contribution in [2.45, 2.75) is 0 Å². The topological polar surface area (TPSA) is 0 Å². The van der Waals surface area contributed by atoms with Gasteiger partial charge in [-0.25, -0.2) is 0 Å². The molecular weight excluding hydrogens is 231 g/mol. The molecule has 1 radical (unpaired) electrons. The Morgan fingerprint density at radius 3 is 0.600 bits per heavy atom. The van der Waals surface area contributed by atoms with Crippen LogP contribution in [-0.4, -0.2) is 0 Å². The molecule has 0 fully saturated rings. The number of rotatable bonds is 0. The third-order valence-corrected chi connectivity index (χ3v) is 0. The van der Waals surface area contributed by atoms with Crippen LogP contribution in [0.3, 0.4) is 0 Å². The summed E-state index contributed by atoms with van der Waals surface area (Å²) in [6, 6.07) is 0. The third kappa shape index (κ3) is 26.2.